The van der Waals surface area contributed by atoms with Gasteiger partial charge in [0.1, 0.15) is 6.04 Å². The van der Waals surface area contributed by atoms with E-state index in [1.807, 2.05) is 16.8 Å². The lowest BCUT2D eigenvalue weighted by molar-refractivity contribution is -0.121. The number of nitriles is 1. The molecule has 1 amide bonds. The van der Waals surface area contributed by atoms with Crippen molar-refractivity contribution < 1.29 is 4.79 Å². The van der Waals surface area contributed by atoms with E-state index in [-0.39, 0.29) is 5.91 Å². The summed E-state index contributed by atoms with van der Waals surface area (Å²) < 4.78 is 0. The van der Waals surface area contributed by atoms with Crippen molar-refractivity contribution in [1.29, 1.82) is 5.26 Å². The largest absolute Gasteiger partial charge is 0.337 e. The number of hydrogen-bond donors (Lipinski definition) is 1. The third-order valence-electron chi connectivity index (χ3n) is 2.43. The first kappa shape index (κ1) is 15.1. The van der Waals surface area contributed by atoms with E-state index in [9.17, 15) is 4.79 Å². The van der Waals surface area contributed by atoms with Crippen LogP contribution >= 0.6 is 23.1 Å². The fourth-order valence-corrected chi connectivity index (χ4v) is 3.09. The minimum atomic E-state index is -0.510. The van der Waals surface area contributed by atoms with E-state index < -0.39 is 6.04 Å². The number of hydrogen-bond acceptors (Lipinski definition) is 4. The van der Waals surface area contributed by atoms with Crippen LogP contribution < -0.4 is 5.32 Å². The second-order valence-corrected chi connectivity index (χ2v) is 5.91. The van der Waals surface area contributed by atoms with Gasteiger partial charge in [0.25, 0.3) is 0 Å². The summed E-state index contributed by atoms with van der Waals surface area (Å²) in [6.07, 6.45) is 2.87. The number of rotatable bonds is 8. The van der Waals surface area contributed by atoms with Crippen molar-refractivity contribution in [2.75, 3.05) is 11.5 Å². The summed E-state index contributed by atoms with van der Waals surface area (Å²) in [7, 11) is 0. The second kappa shape index (κ2) is 9.01. The van der Waals surface area contributed by atoms with Gasteiger partial charge in [0, 0.05) is 12.2 Å². The van der Waals surface area contributed by atoms with Gasteiger partial charge in [-0.1, -0.05) is 13.3 Å². The zero-order valence-electron chi connectivity index (χ0n) is 10.5. The number of thiophene rings is 1. The van der Waals surface area contributed by atoms with Gasteiger partial charge in [0.05, 0.1) is 6.07 Å². The van der Waals surface area contributed by atoms with Crippen LogP contribution in [0.25, 0.3) is 0 Å². The van der Waals surface area contributed by atoms with Crippen molar-refractivity contribution in [3.05, 3.63) is 22.4 Å². The normalized spacial score (nSPS) is 11.8. The zero-order chi connectivity index (χ0) is 13.2. The average Bonchev–Trinajstić information content (AvgIpc) is 2.89. The second-order valence-electron chi connectivity index (χ2n) is 3.90. The number of nitrogens with zero attached hydrogens (tertiary/aromatic N) is 1. The van der Waals surface area contributed by atoms with Gasteiger partial charge in [0.15, 0.2) is 0 Å². The van der Waals surface area contributed by atoms with E-state index in [1.165, 1.54) is 24.2 Å². The van der Waals surface area contributed by atoms with Crippen molar-refractivity contribution in [3.8, 4) is 6.07 Å². The molecule has 1 aromatic rings. The molecule has 0 saturated heterocycles. The van der Waals surface area contributed by atoms with Gasteiger partial charge in [-0.15, -0.1) is 0 Å². The third-order valence-corrected chi connectivity index (χ3v) is 4.20. The van der Waals surface area contributed by atoms with E-state index in [1.54, 1.807) is 11.8 Å². The molecule has 3 nitrogen and oxygen atoms in total. The van der Waals surface area contributed by atoms with Crippen LogP contribution in [0.3, 0.4) is 0 Å². The predicted octanol–water partition coefficient (Wildman–Crippen LogP) is 3.35. The molecule has 5 heteroatoms. The smallest absolute Gasteiger partial charge is 0.222 e. The van der Waals surface area contributed by atoms with Gasteiger partial charge < -0.3 is 5.32 Å². The molecule has 1 heterocycles. The molecule has 0 aliphatic rings. The lowest BCUT2D eigenvalue weighted by Gasteiger charge is -2.09. The highest BCUT2D eigenvalue weighted by Gasteiger charge is 2.13. The molecule has 0 aliphatic carbocycles. The van der Waals surface area contributed by atoms with Crippen LogP contribution in [-0.2, 0) is 4.79 Å². The molecular weight excluding hydrogens is 264 g/mol. The standard InChI is InChI=1S/C13H18N2OS2/c1-2-3-6-17-8-5-13(16)15-12(9-14)11-4-7-18-10-11/h4,7,10,12H,2-3,5-6,8H2,1H3,(H,15,16)/t12-/m1/s1. The van der Waals surface area contributed by atoms with E-state index in [0.29, 0.717) is 6.42 Å². The lowest BCUT2D eigenvalue weighted by atomic mass is 10.2. The van der Waals surface area contributed by atoms with Gasteiger partial charge >= 0.3 is 0 Å². The van der Waals surface area contributed by atoms with Gasteiger partial charge in [-0.2, -0.15) is 28.4 Å². The molecule has 1 N–H and O–H groups in total. The number of nitrogens with one attached hydrogen (secondary N) is 1. The fraction of sp³-hybridized carbons (Fsp3) is 0.538. The van der Waals surface area contributed by atoms with Crippen LogP contribution in [0.5, 0.6) is 0 Å². The maximum absolute atomic E-state index is 11.7. The lowest BCUT2D eigenvalue weighted by Crippen LogP contribution is -2.27. The summed E-state index contributed by atoms with van der Waals surface area (Å²) in [6, 6.07) is 3.47. The minimum Gasteiger partial charge on any atom is -0.337 e. The van der Waals surface area contributed by atoms with Crippen molar-refractivity contribution in [2.24, 2.45) is 0 Å². The van der Waals surface area contributed by atoms with Crippen molar-refractivity contribution in [3.63, 3.8) is 0 Å². The Hall–Kier alpha value is -0.990. The highest BCUT2D eigenvalue weighted by Crippen LogP contribution is 2.16. The van der Waals surface area contributed by atoms with Crippen LogP contribution in [-0.4, -0.2) is 17.4 Å². The maximum Gasteiger partial charge on any atom is 0.222 e. The van der Waals surface area contributed by atoms with Crippen LogP contribution in [0, 0.1) is 11.3 Å². The molecule has 18 heavy (non-hydrogen) atoms. The van der Waals surface area contributed by atoms with E-state index in [4.69, 9.17) is 5.26 Å². The summed E-state index contributed by atoms with van der Waals surface area (Å²) in [5.41, 5.74) is 0.870. The Morgan fingerprint density at radius 1 is 1.61 bits per heavy atom. The molecule has 0 fully saturated rings. The summed E-state index contributed by atoms with van der Waals surface area (Å²) >= 11 is 3.33. The summed E-state index contributed by atoms with van der Waals surface area (Å²) in [6.45, 7) is 2.16. The monoisotopic (exact) mass is 282 g/mol. The quantitative estimate of drug-likeness (QED) is 0.744. The Morgan fingerprint density at radius 2 is 2.44 bits per heavy atom. The Labute approximate surface area is 117 Å². The van der Waals surface area contributed by atoms with Gasteiger partial charge in [-0.05, 0) is 34.6 Å². The highest BCUT2D eigenvalue weighted by molar-refractivity contribution is 7.99. The fourth-order valence-electron chi connectivity index (χ4n) is 1.38. The first-order valence-corrected chi connectivity index (χ1v) is 8.16. The first-order valence-electron chi connectivity index (χ1n) is 6.06. The van der Waals surface area contributed by atoms with Crippen molar-refractivity contribution in [2.45, 2.75) is 32.2 Å². The Bertz CT molecular complexity index is 384. The average molecular weight is 282 g/mol. The molecule has 0 bridgehead atoms. The Balaban J connectivity index is 2.25. The van der Waals surface area contributed by atoms with Crippen molar-refractivity contribution in [1.82, 2.24) is 5.32 Å². The van der Waals surface area contributed by atoms with E-state index in [2.05, 4.69) is 18.3 Å². The van der Waals surface area contributed by atoms with Crippen LogP contribution in [0.2, 0.25) is 0 Å². The number of carbonyl (C=O) groups is 1. The molecule has 0 unspecified atom stereocenters. The Kier molecular flexibility index (Phi) is 7.54. The summed E-state index contributed by atoms with van der Waals surface area (Å²) in [5.74, 6) is 1.89. The molecule has 0 saturated carbocycles. The zero-order valence-corrected chi connectivity index (χ0v) is 12.1. The molecule has 0 radical (unpaired) electrons. The molecule has 0 aliphatic heterocycles. The summed E-state index contributed by atoms with van der Waals surface area (Å²) in [4.78, 5) is 11.7. The number of carbonyl (C=O) groups excluding carboxylic acids is 1. The minimum absolute atomic E-state index is 0.0447. The molecule has 1 aromatic heterocycles. The van der Waals surface area contributed by atoms with E-state index >= 15 is 0 Å². The van der Waals surface area contributed by atoms with Crippen molar-refractivity contribution >= 4 is 29.0 Å². The van der Waals surface area contributed by atoms with Crippen LogP contribution in [0.15, 0.2) is 16.8 Å². The third kappa shape index (κ3) is 5.56. The first-order chi connectivity index (χ1) is 8.77. The topological polar surface area (TPSA) is 52.9 Å². The van der Waals surface area contributed by atoms with Gasteiger partial charge in [-0.25, -0.2) is 0 Å². The maximum atomic E-state index is 11.7. The number of amides is 1. The van der Waals surface area contributed by atoms with Gasteiger partial charge in [0.2, 0.25) is 5.91 Å². The predicted molar refractivity (Wildman–Crippen MR) is 77.7 cm³/mol. The molecular formula is C13H18N2OS2. The van der Waals surface area contributed by atoms with E-state index in [0.717, 1.165) is 17.1 Å². The molecule has 0 aromatic carbocycles. The SMILES string of the molecule is CCCCSCCC(=O)N[C@H](C#N)c1ccsc1. The van der Waals surface area contributed by atoms with Crippen LogP contribution in [0.1, 0.15) is 37.8 Å². The molecule has 0 spiro atoms. The molecule has 1 atom stereocenters. The molecule has 1 rings (SSSR count). The number of unbranched alkanes of at least 4 members (excludes halogenated alkanes) is 1. The Morgan fingerprint density at radius 3 is 3.06 bits per heavy atom. The van der Waals surface area contributed by atoms with Crippen LogP contribution in [0.4, 0.5) is 0 Å². The van der Waals surface area contributed by atoms with Gasteiger partial charge in [-0.3, -0.25) is 4.79 Å². The highest BCUT2D eigenvalue weighted by atomic mass is 32.2. The number of thioether (sulfide) groups is 1. The molecule has 98 valence electrons. The summed E-state index contributed by atoms with van der Waals surface area (Å²) in [5, 5.41) is 15.6.